The van der Waals surface area contributed by atoms with Gasteiger partial charge in [-0.3, -0.25) is 14.9 Å². The van der Waals surface area contributed by atoms with Crippen LogP contribution in [0.15, 0.2) is 11.1 Å². The molecule has 15 heavy (non-hydrogen) atoms. The Hall–Kier alpha value is -1.19. The highest BCUT2D eigenvalue weighted by atomic mass is 16.6. The fraction of sp³-hybridized carbons (Fsp3) is 0.727. The lowest BCUT2D eigenvalue weighted by molar-refractivity contribution is -0.532. The first-order valence-corrected chi connectivity index (χ1v) is 5.47. The molecule has 2 aliphatic carbocycles. The molecule has 2 aliphatic rings. The van der Waals surface area contributed by atoms with E-state index in [1.165, 1.54) is 0 Å². The smallest absolute Gasteiger partial charge is 0.220 e. The van der Waals surface area contributed by atoms with E-state index in [2.05, 4.69) is 0 Å². The van der Waals surface area contributed by atoms with Crippen LogP contribution >= 0.6 is 0 Å². The van der Waals surface area contributed by atoms with Crippen molar-refractivity contribution in [2.75, 3.05) is 0 Å². The van der Waals surface area contributed by atoms with Gasteiger partial charge in [-0.05, 0) is 26.2 Å². The Morgan fingerprint density at radius 2 is 2.07 bits per heavy atom. The van der Waals surface area contributed by atoms with Crippen molar-refractivity contribution in [1.82, 2.24) is 0 Å². The number of allylic oxidation sites excluding steroid dienone is 1. The fourth-order valence-corrected chi connectivity index (χ4v) is 2.86. The first-order valence-electron chi connectivity index (χ1n) is 5.47. The first-order chi connectivity index (χ1) is 7.11. The third-order valence-corrected chi connectivity index (χ3v) is 3.60. The molecule has 2 atom stereocenters. The summed E-state index contributed by atoms with van der Waals surface area (Å²) >= 11 is 0. The second-order valence-corrected chi connectivity index (χ2v) is 4.51. The van der Waals surface area contributed by atoms with E-state index in [1.54, 1.807) is 0 Å². The molecule has 1 fully saturated rings. The van der Waals surface area contributed by atoms with E-state index in [0.29, 0.717) is 19.3 Å². The zero-order chi connectivity index (χ0) is 11.0. The van der Waals surface area contributed by atoms with Crippen molar-refractivity contribution in [2.24, 2.45) is 5.92 Å². The number of Topliss-reactive ketones (excluding diaryl/α,β-unsaturated/α-hetero) is 1. The minimum Gasteiger partial charge on any atom is -0.295 e. The number of hydrogen-bond donors (Lipinski definition) is 0. The van der Waals surface area contributed by atoms with Gasteiger partial charge in [0.05, 0.1) is 5.92 Å². The highest BCUT2D eigenvalue weighted by Gasteiger charge is 2.42. The number of carbonyl (C=O) groups is 1. The summed E-state index contributed by atoms with van der Waals surface area (Å²) in [4.78, 5) is 22.4. The molecule has 4 nitrogen and oxygen atoms in total. The molecular formula is C11H15NO3. The third kappa shape index (κ3) is 1.68. The van der Waals surface area contributed by atoms with Crippen molar-refractivity contribution in [3.63, 3.8) is 0 Å². The van der Waals surface area contributed by atoms with Crippen LogP contribution in [0, 0.1) is 16.0 Å². The lowest BCUT2D eigenvalue weighted by atomic mass is 9.71. The van der Waals surface area contributed by atoms with E-state index in [4.69, 9.17) is 0 Å². The van der Waals surface area contributed by atoms with Gasteiger partial charge in [0.2, 0.25) is 6.04 Å². The molecule has 0 aromatic heterocycles. The van der Waals surface area contributed by atoms with Crippen LogP contribution in [0.4, 0.5) is 0 Å². The van der Waals surface area contributed by atoms with Crippen LogP contribution in [0.1, 0.15) is 39.0 Å². The molecule has 0 N–H and O–H groups in total. The number of hydrogen-bond acceptors (Lipinski definition) is 3. The van der Waals surface area contributed by atoms with Gasteiger partial charge in [0.25, 0.3) is 0 Å². The van der Waals surface area contributed by atoms with Crippen LogP contribution in [0.2, 0.25) is 0 Å². The van der Waals surface area contributed by atoms with Crippen LogP contribution in [-0.4, -0.2) is 16.7 Å². The van der Waals surface area contributed by atoms with Gasteiger partial charge in [0.1, 0.15) is 0 Å². The lowest BCUT2D eigenvalue weighted by Crippen LogP contribution is -2.38. The minimum absolute atomic E-state index is 0.102. The van der Waals surface area contributed by atoms with E-state index in [9.17, 15) is 14.9 Å². The zero-order valence-electron chi connectivity index (χ0n) is 8.86. The Morgan fingerprint density at radius 1 is 1.33 bits per heavy atom. The molecule has 4 heteroatoms. The first kappa shape index (κ1) is 10.3. The molecular weight excluding hydrogens is 194 g/mol. The maximum Gasteiger partial charge on any atom is 0.220 e. The topological polar surface area (TPSA) is 60.2 Å². The van der Waals surface area contributed by atoms with Gasteiger partial charge >= 0.3 is 0 Å². The Bertz CT molecular complexity index is 346. The molecule has 0 heterocycles. The van der Waals surface area contributed by atoms with E-state index < -0.39 is 6.04 Å². The van der Waals surface area contributed by atoms with Crippen molar-refractivity contribution in [3.8, 4) is 0 Å². The number of ketones is 1. The molecule has 1 saturated carbocycles. The Labute approximate surface area is 88.5 Å². The fourth-order valence-electron chi connectivity index (χ4n) is 2.86. The normalized spacial score (nSPS) is 31.4. The van der Waals surface area contributed by atoms with E-state index in [-0.39, 0.29) is 16.6 Å². The summed E-state index contributed by atoms with van der Waals surface area (Å²) < 4.78 is 0. The molecule has 0 aromatic rings. The lowest BCUT2D eigenvalue weighted by Gasteiger charge is -2.32. The summed E-state index contributed by atoms with van der Waals surface area (Å²) in [7, 11) is 0. The maximum absolute atomic E-state index is 11.7. The average molecular weight is 209 g/mol. The number of carbonyl (C=O) groups excluding carboxylic acids is 1. The zero-order valence-corrected chi connectivity index (χ0v) is 8.86. The molecule has 0 aromatic carbocycles. The molecule has 2 rings (SSSR count). The van der Waals surface area contributed by atoms with Gasteiger partial charge in [0, 0.05) is 23.3 Å². The van der Waals surface area contributed by atoms with E-state index in [0.717, 1.165) is 24.0 Å². The second-order valence-electron chi connectivity index (χ2n) is 4.51. The second kappa shape index (κ2) is 3.76. The summed E-state index contributed by atoms with van der Waals surface area (Å²) in [5, 5.41) is 10.9. The number of nitrogens with zero attached hydrogens (tertiary/aromatic N) is 1. The summed E-state index contributed by atoms with van der Waals surface area (Å²) in [6.07, 6.45) is 3.51. The van der Waals surface area contributed by atoms with Gasteiger partial charge in [-0.25, -0.2) is 0 Å². The largest absolute Gasteiger partial charge is 0.295 e. The van der Waals surface area contributed by atoms with Gasteiger partial charge in [-0.1, -0.05) is 5.57 Å². The predicted octanol–water partition coefficient (Wildman–Crippen LogP) is 2.11. The molecule has 82 valence electrons. The summed E-state index contributed by atoms with van der Waals surface area (Å²) in [6, 6.07) is -0.520. The van der Waals surface area contributed by atoms with Crippen LogP contribution in [0.5, 0.6) is 0 Å². The van der Waals surface area contributed by atoms with Crippen molar-refractivity contribution in [1.29, 1.82) is 0 Å². The highest BCUT2D eigenvalue weighted by Crippen LogP contribution is 2.39. The Morgan fingerprint density at radius 3 is 2.73 bits per heavy atom. The third-order valence-electron chi connectivity index (χ3n) is 3.60. The summed E-state index contributed by atoms with van der Waals surface area (Å²) in [5.41, 5.74) is 1.87. The average Bonchev–Trinajstić information content (AvgIpc) is 2.17. The van der Waals surface area contributed by atoms with Crippen LogP contribution in [0.25, 0.3) is 0 Å². The molecule has 0 saturated heterocycles. The standard InChI is InChI=1S/C11H15NO3/c1-7-5-6-9(12(14)15)8-3-2-4-10(13)11(7)8/h8-9H,2-6H2,1H3/t8-,9+/m0/s1. The van der Waals surface area contributed by atoms with Crippen LogP contribution in [-0.2, 0) is 4.79 Å². The molecule has 0 bridgehead atoms. The maximum atomic E-state index is 11.7. The van der Waals surface area contributed by atoms with Gasteiger partial charge in [-0.2, -0.15) is 0 Å². The van der Waals surface area contributed by atoms with Gasteiger partial charge < -0.3 is 0 Å². The Kier molecular flexibility index (Phi) is 2.59. The van der Waals surface area contributed by atoms with E-state index >= 15 is 0 Å². The van der Waals surface area contributed by atoms with Crippen LogP contribution < -0.4 is 0 Å². The van der Waals surface area contributed by atoms with E-state index in [1.807, 2.05) is 6.92 Å². The molecule has 0 aliphatic heterocycles. The minimum atomic E-state index is -0.520. The molecule has 0 radical (unpaired) electrons. The molecule has 0 unspecified atom stereocenters. The predicted molar refractivity (Wildman–Crippen MR) is 55.1 cm³/mol. The SMILES string of the molecule is CC1=C2C(=O)CCC[C@H]2[C@H]([N+](=O)[O-])CC1. The Balaban J connectivity index is 2.35. The van der Waals surface area contributed by atoms with Crippen molar-refractivity contribution in [2.45, 2.75) is 45.1 Å². The van der Waals surface area contributed by atoms with Crippen LogP contribution in [0.3, 0.4) is 0 Å². The van der Waals surface area contributed by atoms with Crippen molar-refractivity contribution >= 4 is 5.78 Å². The number of fused-ring (bicyclic) bond motifs is 1. The monoisotopic (exact) mass is 209 g/mol. The number of rotatable bonds is 1. The van der Waals surface area contributed by atoms with Crippen molar-refractivity contribution in [3.05, 3.63) is 21.3 Å². The molecule has 0 amide bonds. The summed E-state index contributed by atoms with van der Waals surface area (Å²) in [5.74, 6) is 0.0466. The quantitative estimate of drug-likeness (QED) is 0.491. The van der Waals surface area contributed by atoms with Gasteiger partial charge in [-0.15, -0.1) is 0 Å². The summed E-state index contributed by atoms with van der Waals surface area (Å²) in [6.45, 7) is 1.95. The molecule has 0 spiro atoms. The highest BCUT2D eigenvalue weighted by molar-refractivity contribution is 5.97. The number of nitro groups is 1. The van der Waals surface area contributed by atoms with Crippen molar-refractivity contribution < 1.29 is 9.72 Å². The van der Waals surface area contributed by atoms with Gasteiger partial charge in [0.15, 0.2) is 5.78 Å².